The number of rotatable bonds is 2. The molecule has 0 aliphatic rings. The first-order valence-electron chi connectivity index (χ1n) is 4.00. The fourth-order valence-electron chi connectivity index (χ4n) is 1.20. The molecule has 0 amide bonds. The lowest BCUT2D eigenvalue weighted by Crippen LogP contribution is -1.95. The van der Waals surface area contributed by atoms with E-state index in [2.05, 4.69) is 4.98 Å². The van der Waals surface area contributed by atoms with Gasteiger partial charge in [-0.3, -0.25) is 4.98 Å². The van der Waals surface area contributed by atoms with Gasteiger partial charge in [0.1, 0.15) is 11.3 Å². The second-order valence-electron chi connectivity index (χ2n) is 2.70. The van der Waals surface area contributed by atoms with Crippen LogP contribution in [0.25, 0.3) is 11.3 Å². The zero-order valence-electron chi connectivity index (χ0n) is 7.18. The van der Waals surface area contributed by atoms with Crippen molar-refractivity contribution in [3.63, 3.8) is 0 Å². The van der Waals surface area contributed by atoms with Crippen LogP contribution in [-0.2, 0) is 0 Å². The Morgan fingerprint density at radius 1 is 1.29 bits per heavy atom. The van der Waals surface area contributed by atoms with Crippen molar-refractivity contribution < 1.29 is 14.3 Å². The number of carboxylic acid groups (broad SMARTS) is 1. The molecule has 4 heteroatoms. The minimum Gasteiger partial charge on any atom is -0.478 e. The number of pyridine rings is 1. The number of furan rings is 1. The van der Waals surface area contributed by atoms with Gasteiger partial charge in [0.05, 0.1) is 6.26 Å². The number of carboxylic acids is 1. The lowest BCUT2D eigenvalue weighted by Gasteiger charge is -1.97. The predicted octanol–water partition coefficient (Wildman–Crippen LogP) is 2.04. The Hall–Kier alpha value is -2.10. The van der Waals surface area contributed by atoms with Crippen molar-refractivity contribution in [3.8, 4) is 11.3 Å². The Morgan fingerprint density at radius 2 is 2.00 bits per heavy atom. The summed E-state index contributed by atoms with van der Waals surface area (Å²) in [5.74, 6) is -0.634. The molecule has 0 radical (unpaired) electrons. The van der Waals surface area contributed by atoms with E-state index in [-0.39, 0.29) is 5.56 Å². The molecule has 0 bridgehead atoms. The second-order valence-corrected chi connectivity index (χ2v) is 2.70. The van der Waals surface area contributed by atoms with E-state index in [1.54, 1.807) is 24.5 Å². The summed E-state index contributed by atoms with van der Waals surface area (Å²) in [7, 11) is 0. The molecule has 0 unspecified atom stereocenters. The zero-order valence-corrected chi connectivity index (χ0v) is 7.18. The largest absolute Gasteiger partial charge is 0.478 e. The van der Waals surface area contributed by atoms with E-state index >= 15 is 0 Å². The molecule has 0 fully saturated rings. The Balaban J connectivity index is 2.52. The first-order valence-corrected chi connectivity index (χ1v) is 4.00. The molecule has 70 valence electrons. The average Bonchev–Trinajstić information content (AvgIpc) is 2.67. The molecular weight excluding hydrogens is 182 g/mol. The fraction of sp³-hybridized carbons (Fsp3) is 0. The van der Waals surface area contributed by atoms with E-state index in [4.69, 9.17) is 9.52 Å². The molecular formula is C10H7NO3. The highest BCUT2D eigenvalue weighted by Gasteiger charge is 2.14. The number of carbonyl (C=O) groups is 1. The van der Waals surface area contributed by atoms with Crippen LogP contribution < -0.4 is 0 Å². The van der Waals surface area contributed by atoms with Crippen molar-refractivity contribution in [3.05, 3.63) is 42.4 Å². The summed E-state index contributed by atoms with van der Waals surface area (Å²) in [4.78, 5) is 14.6. The molecule has 0 saturated heterocycles. The van der Waals surface area contributed by atoms with E-state index < -0.39 is 5.97 Å². The normalized spacial score (nSPS) is 10.0. The molecule has 4 nitrogen and oxygen atoms in total. The van der Waals surface area contributed by atoms with Gasteiger partial charge in [-0.05, 0) is 18.2 Å². The highest BCUT2D eigenvalue weighted by atomic mass is 16.4. The molecule has 2 rings (SSSR count). The van der Waals surface area contributed by atoms with Gasteiger partial charge < -0.3 is 9.52 Å². The maximum atomic E-state index is 10.8. The molecule has 0 saturated carbocycles. The van der Waals surface area contributed by atoms with Crippen LogP contribution in [0.2, 0.25) is 0 Å². The fourth-order valence-corrected chi connectivity index (χ4v) is 1.20. The van der Waals surface area contributed by atoms with Gasteiger partial charge in [0.25, 0.3) is 0 Å². The number of hydrogen-bond donors (Lipinski definition) is 1. The summed E-state index contributed by atoms with van der Waals surface area (Å²) in [5.41, 5.74) is 0.874. The lowest BCUT2D eigenvalue weighted by molar-refractivity contribution is 0.0697. The molecule has 0 aliphatic heterocycles. The topological polar surface area (TPSA) is 63.3 Å². The van der Waals surface area contributed by atoms with Crippen molar-refractivity contribution in [2.75, 3.05) is 0 Å². The van der Waals surface area contributed by atoms with E-state index in [9.17, 15) is 4.79 Å². The van der Waals surface area contributed by atoms with E-state index in [1.165, 1.54) is 12.3 Å². The number of hydrogen-bond acceptors (Lipinski definition) is 3. The Kier molecular flexibility index (Phi) is 2.02. The van der Waals surface area contributed by atoms with Crippen LogP contribution in [0, 0.1) is 0 Å². The minimum absolute atomic E-state index is 0.163. The Labute approximate surface area is 79.8 Å². The maximum Gasteiger partial charge on any atom is 0.339 e. The molecule has 2 heterocycles. The monoisotopic (exact) mass is 189 g/mol. The van der Waals surface area contributed by atoms with Gasteiger partial charge in [0.2, 0.25) is 0 Å². The minimum atomic E-state index is -0.995. The molecule has 14 heavy (non-hydrogen) atoms. The summed E-state index contributed by atoms with van der Waals surface area (Å²) < 4.78 is 5.10. The Bertz CT molecular complexity index is 447. The number of nitrogens with zero attached hydrogens (tertiary/aromatic N) is 1. The number of aromatic carboxylic acids is 1. The smallest absolute Gasteiger partial charge is 0.339 e. The van der Waals surface area contributed by atoms with E-state index in [0.717, 1.165) is 0 Å². The third kappa shape index (κ3) is 1.37. The van der Waals surface area contributed by atoms with Gasteiger partial charge in [0, 0.05) is 18.0 Å². The van der Waals surface area contributed by atoms with Crippen LogP contribution in [0.15, 0.2) is 41.3 Å². The van der Waals surface area contributed by atoms with Crippen molar-refractivity contribution in [1.82, 2.24) is 4.98 Å². The third-order valence-electron chi connectivity index (χ3n) is 1.84. The third-order valence-corrected chi connectivity index (χ3v) is 1.84. The molecule has 1 N–H and O–H groups in total. The molecule has 2 aromatic rings. The van der Waals surface area contributed by atoms with Crippen LogP contribution in [0.5, 0.6) is 0 Å². The van der Waals surface area contributed by atoms with Crippen molar-refractivity contribution >= 4 is 5.97 Å². The standard InChI is InChI=1S/C10H7NO3/c12-10(13)8-3-6-14-9(8)7-1-4-11-5-2-7/h1-6H,(H,12,13). The SMILES string of the molecule is O=C(O)c1ccoc1-c1ccncc1. The first-order chi connectivity index (χ1) is 6.79. The molecule has 0 aliphatic carbocycles. The summed E-state index contributed by atoms with van der Waals surface area (Å²) in [6, 6.07) is 4.83. The highest BCUT2D eigenvalue weighted by molar-refractivity contribution is 5.94. The van der Waals surface area contributed by atoms with Gasteiger partial charge in [-0.25, -0.2) is 4.79 Å². The van der Waals surface area contributed by atoms with Crippen molar-refractivity contribution in [1.29, 1.82) is 0 Å². The summed E-state index contributed by atoms with van der Waals surface area (Å²) >= 11 is 0. The second kappa shape index (κ2) is 3.33. The summed E-state index contributed by atoms with van der Waals surface area (Å²) in [6.45, 7) is 0. The lowest BCUT2D eigenvalue weighted by atomic mass is 10.1. The number of aromatic nitrogens is 1. The Morgan fingerprint density at radius 3 is 2.64 bits per heavy atom. The van der Waals surface area contributed by atoms with Crippen LogP contribution >= 0.6 is 0 Å². The van der Waals surface area contributed by atoms with Crippen LogP contribution in [-0.4, -0.2) is 16.1 Å². The van der Waals surface area contributed by atoms with Gasteiger partial charge in [0.15, 0.2) is 0 Å². The zero-order chi connectivity index (χ0) is 9.97. The van der Waals surface area contributed by atoms with Gasteiger partial charge in [-0.2, -0.15) is 0 Å². The van der Waals surface area contributed by atoms with E-state index in [0.29, 0.717) is 11.3 Å². The molecule has 0 spiro atoms. The average molecular weight is 189 g/mol. The van der Waals surface area contributed by atoms with Crippen LogP contribution in [0.3, 0.4) is 0 Å². The predicted molar refractivity (Wildman–Crippen MR) is 48.9 cm³/mol. The van der Waals surface area contributed by atoms with Gasteiger partial charge >= 0.3 is 5.97 Å². The molecule has 0 atom stereocenters. The van der Waals surface area contributed by atoms with Crippen LogP contribution in [0.1, 0.15) is 10.4 Å². The summed E-state index contributed by atoms with van der Waals surface area (Å²) in [5, 5.41) is 8.84. The first kappa shape index (κ1) is 8.50. The van der Waals surface area contributed by atoms with Crippen molar-refractivity contribution in [2.45, 2.75) is 0 Å². The van der Waals surface area contributed by atoms with Crippen molar-refractivity contribution in [2.24, 2.45) is 0 Å². The van der Waals surface area contributed by atoms with Gasteiger partial charge in [-0.15, -0.1) is 0 Å². The van der Waals surface area contributed by atoms with E-state index in [1.807, 2.05) is 0 Å². The van der Waals surface area contributed by atoms with Gasteiger partial charge in [-0.1, -0.05) is 0 Å². The maximum absolute atomic E-state index is 10.8. The highest BCUT2D eigenvalue weighted by Crippen LogP contribution is 2.23. The molecule has 0 aromatic carbocycles. The summed E-state index contributed by atoms with van der Waals surface area (Å²) in [6.07, 6.45) is 4.53. The quantitative estimate of drug-likeness (QED) is 0.785. The molecule has 2 aromatic heterocycles. The van der Waals surface area contributed by atoms with Crippen LogP contribution in [0.4, 0.5) is 0 Å².